The van der Waals surface area contributed by atoms with Crippen molar-refractivity contribution < 1.29 is 17.6 Å². The molecular weight excluding hydrogens is 312 g/mol. The largest absolute Gasteiger partial charge is 0.469 e. The van der Waals surface area contributed by atoms with Crippen LogP contribution in [0.3, 0.4) is 0 Å². The molecule has 1 amide bonds. The van der Waals surface area contributed by atoms with Crippen LogP contribution in [-0.4, -0.2) is 19.3 Å². The summed E-state index contributed by atoms with van der Waals surface area (Å²) in [7, 11) is -3.84. The van der Waals surface area contributed by atoms with Crippen LogP contribution >= 0.6 is 11.3 Å². The number of aryl methyl sites for hydroxylation is 2. The normalized spacial score (nSPS) is 21.2. The van der Waals surface area contributed by atoms with Crippen molar-refractivity contribution in [2.45, 2.75) is 30.4 Å². The molecular formula is C13H14N2O4S2. The number of thiazole rings is 1. The van der Waals surface area contributed by atoms with E-state index in [0.29, 0.717) is 17.1 Å². The van der Waals surface area contributed by atoms with Gasteiger partial charge in [-0.15, -0.1) is 11.3 Å². The van der Waals surface area contributed by atoms with Gasteiger partial charge in [-0.25, -0.2) is 18.1 Å². The molecule has 1 aliphatic rings. The lowest BCUT2D eigenvalue weighted by Crippen LogP contribution is -2.32. The van der Waals surface area contributed by atoms with Crippen molar-refractivity contribution in [3.8, 4) is 0 Å². The van der Waals surface area contributed by atoms with Crippen molar-refractivity contribution >= 4 is 27.3 Å². The quantitative estimate of drug-likeness (QED) is 0.927. The first-order valence-electron chi connectivity index (χ1n) is 6.42. The first kappa shape index (κ1) is 14.3. The van der Waals surface area contributed by atoms with Gasteiger partial charge in [-0.1, -0.05) is 0 Å². The Bertz CT molecular complexity index is 777. The number of amides is 1. The molecule has 6 nitrogen and oxygen atoms in total. The van der Waals surface area contributed by atoms with Crippen molar-refractivity contribution in [2.75, 3.05) is 0 Å². The molecule has 0 aliphatic heterocycles. The Labute approximate surface area is 126 Å². The molecule has 0 unspecified atom stereocenters. The highest BCUT2D eigenvalue weighted by Gasteiger charge is 2.47. The monoisotopic (exact) mass is 326 g/mol. The Balaban J connectivity index is 1.72. The molecule has 0 radical (unpaired) electrons. The maximum absolute atomic E-state index is 12.2. The number of furan rings is 1. The molecule has 2 heterocycles. The van der Waals surface area contributed by atoms with Gasteiger partial charge in [-0.2, -0.15) is 0 Å². The van der Waals surface area contributed by atoms with Crippen molar-refractivity contribution in [2.24, 2.45) is 5.92 Å². The number of sulfonamides is 1. The van der Waals surface area contributed by atoms with Crippen LogP contribution in [0.1, 0.15) is 28.8 Å². The van der Waals surface area contributed by atoms with Gasteiger partial charge in [-0.3, -0.25) is 4.79 Å². The predicted octanol–water partition coefficient (Wildman–Crippen LogP) is 1.96. The third-order valence-electron chi connectivity index (χ3n) is 3.38. The highest BCUT2D eigenvalue weighted by atomic mass is 32.2. The maximum Gasteiger partial charge on any atom is 0.275 e. The third-order valence-corrected chi connectivity index (χ3v) is 6.41. The Morgan fingerprint density at radius 3 is 2.81 bits per heavy atom. The summed E-state index contributed by atoms with van der Waals surface area (Å²) in [4.78, 5) is 16.1. The van der Waals surface area contributed by atoms with Crippen LogP contribution in [0.15, 0.2) is 27.0 Å². The van der Waals surface area contributed by atoms with Crippen LogP contribution in [0.5, 0.6) is 0 Å². The summed E-state index contributed by atoms with van der Waals surface area (Å²) in [5.41, 5.74) is 0.413. The summed E-state index contributed by atoms with van der Waals surface area (Å²) in [5, 5.41) is 0.653. The Morgan fingerprint density at radius 1 is 1.48 bits per heavy atom. The number of hydrogen-bond acceptors (Lipinski definition) is 6. The summed E-state index contributed by atoms with van der Waals surface area (Å²) in [6, 6.07) is 3.55. The van der Waals surface area contributed by atoms with Gasteiger partial charge in [0.05, 0.1) is 17.0 Å². The van der Waals surface area contributed by atoms with E-state index in [1.165, 1.54) is 0 Å². The molecule has 21 heavy (non-hydrogen) atoms. The second-order valence-corrected chi connectivity index (χ2v) is 8.12. The molecule has 2 atom stereocenters. The number of nitrogens with one attached hydrogen (secondary N) is 1. The fourth-order valence-electron chi connectivity index (χ4n) is 2.32. The number of carbonyl (C=O) groups excluding carboxylic acids is 1. The Morgan fingerprint density at radius 2 is 2.24 bits per heavy atom. The van der Waals surface area contributed by atoms with Crippen LogP contribution < -0.4 is 4.72 Å². The number of aromatic nitrogens is 1. The minimum atomic E-state index is -3.84. The lowest BCUT2D eigenvalue weighted by atomic mass is 10.2. The molecule has 2 aromatic rings. The molecule has 1 aliphatic carbocycles. The SMILES string of the molecule is Cc1nc(C)c(S(=O)(=O)NC(=O)[C@@H]2C[C@H]2c2ccco2)s1. The van der Waals surface area contributed by atoms with E-state index in [0.717, 1.165) is 17.1 Å². The highest BCUT2D eigenvalue weighted by Crippen LogP contribution is 2.47. The van der Waals surface area contributed by atoms with E-state index >= 15 is 0 Å². The predicted molar refractivity (Wildman–Crippen MR) is 76.5 cm³/mol. The number of hydrogen-bond donors (Lipinski definition) is 1. The van der Waals surface area contributed by atoms with E-state index in [9.17, 15) is 13.2 Å². The van der Waals surface area contributed by atoms with E-state index in [1.54, 1.807) is 32.2 Å². The molecule has 8 heteroatoms. The zero-order chi connectivity index (χ0) is 15.2. The first-order valence-corrected chi connectivity index (χ1v) is 8.72. The van der Waals surface area contributed by atoms with Gasteiger partial charge < -0.3 is 4.42 Å². The molecule has 0 spiro atoms. The van der Waals surface area contributed by atoms with Crippen molar-refractivity contribution in [3.63, 3.8) is 0 Å². The molecule has 0 saturated heterocycles. The number of carbonyl (C=O) groups is 1. The average Bonchev–Trinajstić information content (AvgIpc) is 2.84. The van der Waals surface area contributed by atoms with E-state index in [2.05, 4.69) is 9.71 Å². The van der Waals surface area contributed by atoms with Crippen LogP contribution in [0, 0.1) is 19.8 Å². The average molecular weight is 326 g/mol. The molecule has 2 aromatic heterocycles. The fraction of sp³-hybridized carbons (Fsp3) is 0.385. The zero-order valence-electron chi connectivity index (χ0n) is 11.5. The van der Waals surface area contributed by atoms with E-state index in [4.69, 9.17) is 4.42 Å². The van der Waals surface area contributed by atoms with Gasteiger partial charge in [0.25, 0.3) is 10.0 Å². The van der Waals surface area contributed by atoms with Gasteiger partial charge in [0, 0.05) is 11.8 Å². The second-order valence-electron chi connectivity index (χ2n) is 5.04. The molecule has 1 fully saturated rings. The lowest BCUT2D eigenvalue weighted by Gasteiger charge is -2.04. The molecule has 0 bridgehead atoms. The summed E-state index contributed by atoms with van der Waals surface area (Å²) in [5.74, 6) is -0.140. The van der Waals surface area contributed by atoms with Crippen molar-refractivity contribution in [3.05, 3.63) is 34.9 Å². The maximum atomic E-state index is 12.2. The van der Waals surface area contributed by atoms with Crippen LogP contribution in [0.2, 0.25) is 0 Å². The van der Waals surface area contributed by atoms with Crippen LogP contribution in [-0.2, 0) is 14.8 Å². The van der Waals surface area contributed by atoms with Gasteiger partial charge in [0.1, 0.15) is 5.76 Å². The number of nitrogens with zero attached hydrogens (tertiary/aromatic N) is 1. The third kappa shape index (κ3) is 2.73. The van der Waals surface area contributed by atoms with E-state index in [1.807, 2.05) is 0 Å². The first-order chi connectivity index (χ1) is 9.88. The summed E-state index contributed by atoms with van der Waals surface area (Å²) in [6.07, 6.45) is 2.15. The van der Waals surface area contributed by atoms with Gasteiger partial charge in [-0.05, 0) is 32.4 Å². The number of rotatable bonds is 4. The zero-order valence-corrected chi connectivity index (χ0v) is 13.1. The minimum absolute atomic E-state index is 0.0282. The van der Waals surface area contributed by atoms with Gasteiger partial charge in [0.15, 0.2) is 4.21 Å². The summed E-state index contributed by atoms with van der Waals surface area (Å²) in [6.45, 7) is 3.34. The molecule has 0 aromatic carbocycles. The van der Waals surface area contributed by atoms with E-state index in [-0.39, 0.29) is 16.0 Å². The van der Waals surface area contributed by atoms with Gasteiger partial charge >= 0.3 is 0 Å². The Kier molecular flexibility index (Phi) is 3.37. The summed E-state index contributed by atoms with van der Waals surface area (Å²) >= 11 is 1.06. The fourth-order valence-corrected chi connectivity index (χ4v) is 4.83. The van der Waals surface area contributed by atoms with Crippen molar-refractivity contribution in [1.82, 2.24) is 9.71 Å². The van der Waals surface area contributed by atoms with Crippen molar-refractivity contribution in [1.29, 1.82) is 0 Å². The standard InChI is InChI=1S/C13H14N2O4S2/c1-7-13(20-8(2)14-7)21(17,18)15-12(16)10-6-9(10)11-4-3-5-19-11/h3-5,9-10H,6H2,1-2H3,(H,15,16)/t9-,10-/m1/s1. The van der Waals surface area contributed by atoms with E-state index < -0.39 is 15.9 Å². The molecule has 112 valence electrons. The Hall–Kier alpha value is -1.67. The highest BCUT2D eigenvalue weighted by molar-refractivity contribution is 7.92. The topological polar surface area (TPSA) is 89.3 Å². The molecule has 3 rings (SSSR count). The smallest absolute Gasteiger partial charge is 0.275 e. The molecule has 1 saturated carbocycles. The summed E-state index contributed by atoms with van der Waals surface area (Å²) < 4.78 is 31.9. The van der Waals surface area contributed by atoms with Gasteiger partial charge in [0.2, 0.25) is 5.91 Å². The van der Waals surface area contributed by atoms with Crippen LogP contribution in [0.25, 0.3) is 0 Å². The van der Waals surface area contributed by atoms with Crippen LogP contribution in [0.4, 0.5) is 0 Å². The molecule has 1 N–H and O–H groups in total. The second kappa shape index (κ2) is 4.96. The minimum Gasteiger partial charge on any atom is -0.469 e. The lowest BCUT2D eigenvalue weighted by molar-refractivity contribution is -0.120.